The number of hydrogen-bond acceptors (Lipinski definition) is 8. The minimum absolute atomic E-state index is 0.221. The second-order valence-electron chi connectivity index (χ2n) is 11.6. The number of hydrogen-bond donors (Lipinski definition) is 8. The van der Waals surface area contributed by atoms with Crippen LogP contribution in [-0.2, 0) is 0 Å². The summed E-state index contributed by atoms with van der Waals surface area (Å²) in [7, 11) is 0. The molecule has 0 radical (unpaired) electrons. The largest absolute Gasteiger partial charge is 0.366 e. The third-order valence-electron chi connectivity index (χ3n) is 7.38. The first-order chi connectivity index (χ1) is 28.7. The maximum Gasteiger partial charge on any atom is 0.252 e. The molecule has 16 heteroatoms. The Morgan fingerprint density at radius 3 is 0.617 bits per heavy atom. The van der Waals surface area contributed by atoms with Crippen molar-refractivity contribution in [3.8, 4) is 0 Å². The molecule has 312 valence electrons. The van der Waals surface area contributed by atoms with Gasteiger partial charge in [0.05, 0.1) is 44.5 Å². The van der Waals surface area contributed by atoms with Crippen LogP contribution < -0.4 is 44.2 Å². The summed E-state index contributed by atoms with van der Waals surface area (Å²) in [5, 5.41) is 10.3. The molecule has 0 bridgehead atoms. The maximum atomic E-state index is 11.6. The molecule has 0 aliphatic carbocycles. The molecule has 60 heavy (non-hydrogen) atoms. The van der Waals surface area contributed by atoms with Crippen molar-refractivity contribution in [2.75, 3.05) is 26.2 Å². The summed E-state index contributed by atoms with van der Waals surface area (Å²) in [5.41, 5.74) is 22.6. The molecule has 8 amide bonds. The molecule has 0 heterocycles. The molecule has 0 fully saturated rings. The first-order valence-corrected chi connectivity index (χ1v) is 17.8. The Hall–Kier alpha value is -8.40. The van der Waals surface area contributed by atoms with Crippen LogP contribution in [0.1, 0.15) is 82.9 Å². The second kappa shape index (κ2) is 27.2. The molecule has 4 aromatic carbocycles. The van der Waals surface area contributed by atoms with Gasteiger partial charge in [-0.1, -0.05) is 72.8 Å². The van der Waals surface area contributed by atoms with E-state index in [2.05, 4.69) is 47.6 Å². The normalized spacial score (nSPS) is 9.33. The number of amides is 8. The fourth-order valence-electron chi connectivity index (χ4n) is 4.62. The van der Waals surface area contributed by atoms with E-state index >= 15 is 0 Å². The standard InChI is InChI=1S/4C11H12N2O2/c4*1-2-7-13-11(15)9-6-4-3-5-8(9)10(12)14/h4*2-6H,1,7H2,(H2,12,14)(H,13,15). The highest BCUT2D eigenvalue weighted by molar-refractivity contribution is 6.08. The van der Waals surface area contributed by atoms with Gasteiger partial charge in [-0.05, 0) is 48.5 Å². The van der Waals surface area contributed by atoms with Crippen molar-refractivity contribution in [3.63, 3.8) is 0 Å². The lowest BCUT2D eigenvalue weighted by Crippen LogP contribution is -2.26. The van der Waals surface area contributed by atoms with Crippen molar-refractivity contribution in [3.05, 3.63) is 192 Å². The zero-order valence-corrected chi connectivity index (χ0v) is 32.8. The van der Waals surface area contributed by atoms with Crippen molar-refractivity contribution in [2.24, 2.45) is 22.9 Å². The van der Waals surface area contributed by atoms with Gasteiger partial charge in [-0.25, -0.2) is 0 Å². The van der Waals surface area contributed by atoms with Gasteiger partial charge in [0.2, 0.25) is 23.6 Å². The van der Waals surface area contributed by atoms with Crippen molar-refractivity contribution in [1.29, 1.82) is 0 Å². The Balaban J connectivity index is 0.000000400. The average Bonchev–Trinajstić information content (AvgIpc) is 3.26. The molecule has 16 nitrogen and oxygen atoms in total. The molecule has 0 saturated carbocycles. The molecular weight excluding hydrogens is 769 g/mol. The molecule has 0 aliphatic rings. The van der Waals surface area contributed by atoms with Crippen LogP contribution in [0.4, 0.5) is 0 Å². The van der Waals surface area contributed by atoms with E-state index in [-0.39, 0.29) is 68.1 Å². The summed E-state index contributed by atoms with van der Waals surface area (Å²) in [6.07, 6.45) is 6.24. The van der Waals surface area contributed by atoms with E-state index in [9.17, 15) is 38.4 Å². The lowest BCUT2D eigenvalue weighted by molar-refractivity contribution is 0.0938. The van der Waals surface area contributed by atoms with Gasteiger partial charge >= 0.3 is 0 Å². The maximum absolute atomic E-state index is 11.6. The molecule has 4 aromatic rings. The lowest BCUT2D eigenvalue weighted by Gasteiger charge is -2.05. The van der Waals surface area contributed by atoms with Crippen molar-refractivity contribution < 1.29 is 38.4 Å². The first-order valence-electron chi connectivity index (χ1n) is 17.8. The third kappa shape index (κ3) is 16.8. The number of nitrogens with two attached hydrogens (primary N) is 4. The highest BCUT2D eigenvalue weighted by Gasteiger charge is 2.16. The number of carbonyl (C=O) groups excluding carboxylic acids is 8. The van der Waals surface area contributed by atoms with E-state index in [1.54, 1.807) is 97.1 Å². The summed E-state index contributed by atoms with van der Waals surface area (Å²) >= 11 is 0. The molecular formula is C44H48N8O8. The second-order valence-corrected chi connectivity index (χ2v) is 11.6. The van der Waals surface area contributed by atoms with Gasteiger partial charge in [0, 0.05) is 26.2 Å². The topological polar surface area (TPSA) is 289 Å². The van der Waals surface area contributed by atoms with Gasteiger partial charge in [-0.2, -0.15) is 0 Å². The molecule has 0 unspecified atom stereocenters. The van der Waals surface area contributed by atoms with Crippen LogP contribution >= 0.6 is 0 Å². The van der Waals surface area contributed by atoms with Gasteiger partial charge < -0.3 is 44.2 Å². The van der Waals surface area contributed by atoms with E-state index in [0.717, 1.165) is 0 Å². The summed E-state index contributed by atoms with van der Waals surface area (Å²) in [6, 6.07) is 25.6. The fraction of sp³-hybridized carbons (Fsp3) is 0.0909. The monoisotopic (exact) mass is 816 g/mol. The van der Waals surface area contributed by atoms with Crippen molar-refractivity contribution in [1.82, 2.24) is 21.3 Å². The molecule has 0 spiro atoms. The highest BCUT2D eigenvalue weighted by atomic mass is 16.2. The Kier molecular flexibility index (Phi) is 22.5. The van der Waals surface area contributed by atoms with Gasteiger partial charge in [-0.15, -0.1) is 26.3 Å². The number of primary amides is 4. The average molecular weight is 817 g/mol. The summed E-state index contributed by atoms with van der Waals surface area (Å²) in [4.78, 5) is 90.3. The summed E-state index contributed by atoms with van der Waals surface area (Å²) in [6.45, 7) is 15.3. The number of nitrogens with one attached hydrogen (secondary N) is 4. The Morgan fingerprint density at radius 2 is 0.483 bits per heavy atom. The molecule has 0 aromatic heterocycles. The third-order valence-corrected chi connectivity index (χ3v) is 7.38. The molecule has 4 rings (SSSR count). The van der Waals surface area contributed by atoms with Gasteiger partial charge in [-0.3, -0.25) is 38.4 Å². The zero-order valence-electron chi connectivity index (χ0n) is 32.8. The van der Waals surface area contributed by atoms with E-state index in [1.807, 2.05) is 0 Å². The van der Waals surface area contributed by atoms with Crippen LogP contribution in [0.15, 0.2) is 148 Å². The first kappa shape index (κ1) is 49.6. The predicted molar refractivity (Wildman–Crippen MR) is 230 cm³/mol. The molecule has 12 N–H and O–H groups in total. The SMILES string of the molecule is C=CCNC(=O)c1ccccc1C(N)=O.C=CCNC(=O)c1ccccc1C(N)=O.C=CCNC(=O)c1ccccc1C(N)=O.C=CCNC(=O)c1ccccc1C(N)=O. The molecule has 0 saturated heterocycles. The molecule has 0 atom stereocenters. The van der Waals surface area contributed by atoms with Crippen LogP contribution in [0.5, 0.6) is 0 Å². The summed E-state index contributed by atoms with van der Waals surface area (Å²) < 4.78 is 0. The van der Waals surface area contributed by atoms with Gasteiger partial charge in [0.25, 0.3) is 23.6 Å². The molecule has 0 aliphatic heterocycles. The van der Waals surface area contributed by atoms with Crippen LogP contribution in [0, 0.1) is 0 Å². The van der Waals surface area contributed by atoms with Crippen LogP contribution in [0.25, 0.3) is 0 Å². The Bertz CT molecular complexity index is 1910. The minimum atomic E-state index is -0.612. The van der Waals surface area contributed by atoms with Gasteiger partial charge in [0.15, 0.2) is 0 Å². The Labute approximate surface area is 347 Å². The number of carbonyl (C=O) groups is 8. The smallest absolute Gasteiger partial charge is 0.252 e. The highest BCUT2D eigenvalue weighted by Crippen LogP contribution is 2.10. The van der Waals surface area contributed by atoms with E-state index < -0.39 is 23.6 Å². The predicted octanol–water partition coefficient (Wildman–Crippen LogP) is 2.81. The zero-order chi connectivity index (χ0) is 45.0. The number of benzene rings is 4. The van der Waals surface area contributed by atoms with E-state index in [4.69, 9.17) is 22.9 Å². The van der Waals surface area contributed by atoms with Crippen LogP contribution in [0.2, 0.25) is 0 Å². The summed E-state index contributed by atoms with van der Waals surface area (Å²) in [5.74, 6) is -3.76. The van der Waals surface area contributed by atoms with Crippen molar-refractivity contribution in [2.45, 2.75) is 0 Å². The minimum Gasteiger partial charge on any atom is -0.366 e. The van der Waals surface area contributed by atoms with E-state index in [1.165, 1.54) is 24.3 Å². The fourth-order valence-corrected chi connectivity index (χ4v) is 4.62. The van der Waals surface area contributed by atoms with E-state index in [0.29, 0.717) is 26.2 Å². The Morgan fingerprint density at radius 1 is 0.333 bits per heavy atom. The van der Waals surface area contributed by atoms with Crippen molar-refractivity contribution >= 4 is 47.3 Å². The lowest BCUT2D eigenvalue weighted by atomic mass is 10.1. The quantitative estimate of drug-likeness (QED) is 0.0777. The number of rotatable bonds is 16. The van der Waals surface area contributed by atoms with Crippen LogP contribution in [0.3, 0.4) is 0 Å². The van der Waals surface area contributed by atoms with Crippen LogP contribution in [-0.4, -0.2) is 73.4 Å². The van der Waals surface area contributed by atoms with Gasteiger partial charge in [0.1, 0.15) is 0 Å².